The number of aromatic nitrogens is 2. The molecule has 1 heterocycles. The first-order valence-corrected chi connectivity index (χ1v) is 7.53. The summed E-state index contributed by atoms with van der Waals surface area (Å²) >= 11 is 5.11. The number of fused-ring (bicyclic) bond motifs is 1. The summed E-state index contributed by atoms with van der Waals surface area (Å²) in [6, 6.07) is 13.6. The van der Waals surface area contributed by atoms with E-state index in [9.17, 15) is 10.1 Å². The normalized spacial score (nSPS) is 11.3. The molecule has 10 heteroatoms. The van der Waals surface area contributed by atoms with Gasteiger partial charge in [-0.1, -0.05) is 18.2 Å². The molecule has 0 saturated carbocycles. The van der Waals surface area contributed by atoms with Crippen LogP contribution in [0.3, 0.4) is 0 Å². The van der Waals surface area contributed by atoms with E-state index in [2.05, 4.69) is 25.6 Å². The van der Waals surface area contributed by atoms with Gasteiger partial charge >= 0.3 is 0 Å². The van der Waals surface area contributed by atoms with E-state index in [0.29, 0.717) is 17.0 Å². The van der Waals surface area contributed by atoms with Gasteiger partial charge in [0.25, 0.3) is 5.69 Å². The summed E-state index contributed by atoms with van der Waals surface area (Å²) in [5.74, 6) is 0.334. The third kappa shape index (κ3) is 4.06. The van der Waals surface area contributed by atoms with E-state index in [4.69, 9.17) is 18.0 Å². The van der Waals surface area contributed by atoms with Gasteiger partial charge in [0.1, 0.15) is 0 Å². The van der Waals surface area contributed by atoms with E-state index in [1.54, 1.807) is 6.07 Å². The van der Waals surface area contributed by atoms with Crippen molar-refractivity contribution in [2.75, 3.05) is 10.6 Å². The van der Waals surface area contributed by atoms with Gasteiger partial charge in [0.15, 0.2) is 0 Å². The summed E-state index contributed by atoms with van der Waals surface area (Å²) in [5.41, 5.74) is 7.63. The van der Waals surface area contributed by atoms with Crippen molar-refractivity contribution in [3.8, 4) is 0 Å². The lowest BCUT2D eigenvalue weighted by atomic mass is 10.3. The SMILES string of the molecule is N/C(=N\C(=S)Nc1ccccc1)Nc1nc2ccc([N+](=O)[O-])cc2[nH]1. The Hall–Kier alpha value is -3.53. The number of imidazole rings is 1. The third-order valence-corrected chi connectivity index (χ3v) is 3.36. The molecule has 0 aliphatic heterocycles. The van der Waals surface area contributed by atoms with Crippen molar-refractivity contribution in [1.29, 1.82) is 0 Å². The average molecular weight is 355 g/mol. The van der Waals surface area contributed by atoms with Crippen molar-refractivity contribution in [2.45, 2.75) is 0 Å². The molecular weight excluding hydrogens is 342 g/mol. The first-order valence-electron chi connectivity index (χ1n) is 7.12. The molecule has 3 aromatic rings. The summed E-state index contributed by atoms with van der Waals surface area (Å²) in [6.07, 6.45) is 0. The summed E-state index contributed by atoms with van der Waals surface area (Å²) in [5, 5.41) is 16.7. The maximum atomic E-state index is 10.8. The molecule has 0 radical (unpaired) electrons. The first-order chi connectivity index (χ1) is 12.0. The average Bonchev–Trinajstić information content (AvgIpc) is 2.96. The van der Waals surface area contributed by atoms with Gasteiger partial charge in [0.2, 0.25) is 17.0 Å². The van der Waals surface area contributed by atoms with Crippen LogP contribution in [-0.4, -0.2) is 26.0 Å². The largest absolute Gasteiger partial charge is 0.369 e. The topological polar surface area (TPSA) is 134 Å². The number of aromatic amines is 1. The van der Waals surface area contributed by atoms with E-state index in [0.717, 1.165) is 5.69 Å². The molecule has 0 amide bonds. The van der Waals surface area contributed by atoms with Gasteiger partial charge in [-0.25, -0.2) is 4.98 Å². The van der Waals surface area contributed by atoms with Crippen LogP contribution in [0.4, 0.5) is 17.3 Å². The summed E-state index contributed by atoms with van der Waals surface area (Å²) in [6.45, 7) is 0. The van der Waals surface area contributed by atoms with Gasteiger partial charge in [-0.3, -0.25) is 15.4 Å². The lowest BCUT2D eigenvalue weighted by Crippen LogP contribution is -2.25. The van der Waals surface area contributed by atoms with E-state index in [-0.39, 0.29) is 16.8 Å². The minimum atomic E-state index is -0.475. The second-order valence-corrected chi connectivity index (χ2v) is 5.35. The molecule has 0 spiro atoms. The number of guanidine groups is 1. The van der Waals surface area contributed by atoms with Crippen LogP contribution in [0.15, 0.2) is 53.5 Å². The number of para-hydroxylation sites is 1. The van der Waals surface area contributed by atoms with Crippen molar-refractivity contribution in [1.82, 2.24) is 9.97 Å². The molecule has 5 N–H and O–H groups in total. The number of thiocarbonyl (C=S) groups is 1. The molecular formula is C15H13N7O2S. The van der Waals surface area contributed by atoms with Crippen LogP contribution < -0.4 is 16.4 Å². The smallest absolute Gasteiger partial charge is 0.271 e. The minimum absolute atomic E-state index is 0.0296. The van der Waals surface area contributed by atoms with Crippen LogP contribution in [0.25, 0.3) is 11.0 Å². The van der Waals surface area contributed by atoms with Gasteiger partial charge in [-0.05, 0) is 30.4 Å². The minimum Gasteiger partial charge on any atom is -0.369 e. The van der Waals surface area contributed by atoms with Crippen molar-refractivity contribution in [3.05, 3.63) is 58.6 Å². The molecule has 1 aromatic heterocycles. The number of nitrogens with two attached hydrogens (primary N) is 1. The Morgan fingerprint density at radius 2 is 2.00 bits per heavy atom. The standard InChI is InChI=1S/C15H13N7O2S/c16-13(21-15(25)17-9-4-2-1-3-5-9)20-14-18-11-7-6-10(22(23)24)8-12(11)19-14/h1-8H,(H5,16,17,18,19,20,21,25). The Morgan fingerprint density at radius 3 is 2.72 bits per heavy atom. The van der Waals surface area contributed by atoms with E-state index < -0.39 is 4.92 Å². The highest BCUT2D eigenvalue weighted by molar-refractivity contribution is 7.80. The fourth-order valence-corrected chi connectivity index (χ4v) is 2.32. The molecule has 2 aromatic carbocycles. The Morgan fingerprint density at radius 1 is 1.24 bits per heavy atom. The zero-order chi connectivity index (χ0) is 17.8. The van der Waals surface area contributed by atoms with Crippen LogP contribution in [-0.2, 0) is 0 Å². The van der Waals surface area contributed by atoms with Crippen molar-refractivity contribution >= 4 is 51.6 Å². The van der Waals surface area contributed by atoms with E-state index in [1.165, 1.54) is 12.1 Å². The number of hydrogen-bond donors (Lipinski definition) is 4. The van der Waals surface area contributed by atoms with Crippen LogP contribution in [0, 0.1) is 10.1 Å². The fourth-order valence-electron chi connectivity index (χ4n) is 2.10. The highest BCUT2D eigenvalue weighted by atomic mass is 32.1. The summed E-state index contributed by atoms with van der Waals surface area (Å²) < 4.78 is 0. The quantitative estimate of drug-likeness (QED) is 0.186. The van der Waals surface area contributed by atoms with E-state index >= 15 is 0 Å². The maximum absolute atomic E-state index is 10.8. The van der Waals surface area contributed by atoms with Crippen molar-refractivity contribution < 1.29 is 4.92 Å². The zero-order valence-corrected chi connectivity index (χ0v) is 13.6. The van der Waals surface area contributed by atoms with Crippen LogP contribution >= 0.6 is 12.2 Å². The summed E-state index contributed by atoms with van der Waals surface area (Å²) in [7, 11) is 0. The molecule has 9 nitrogen and oxygen atoms in total. The molecule has 3 rings (SSSR count). The second-order valence-electron chi connectivity index (χ2n) is 4.96. The fraction of sp³-hybridized carbons (Fsp3) is 0. The predicted molar refractivity (Wildman–Crippen MR) is 101 cm³/mol. The Kier molecular flexibility index (Phi) is 4.53. The monoisotopic (exact) mass is 355 g/mol. The second kappa shape index (κ2) is 6.93. The van der Waals surface area contributed by atoms with Gasteiger partial charge < -0.3 is 16.0 Å². The number of aliphatic imine (C=N–C) groups is 1. The predicted octanol–water partition coefficient (Wildman–Crippen LogP) is 2.59. The van der Waals surface area contributed by atoms with Crippen molar-refractivity contribution in [3.63, 3.8) is 0 Å². The van der Waals surface area contributed by atoms with Gasteiger partial charge in [-0.2, -0.15) is 4.99 Å². The number of benzene rings is 2. The number of nitrogens with zero attached hydrogens (tertiary/aromatic N) is 3. The number of nitro benzene ring substituents is 1. The molecule has 126 valence electrons. The van der Waals surface area contributed by atoms with E-state index in [1.807, 2.05) is 30.3 Å². The number of nitrogens with one attached hydrogen (secondary N) is 3. The highest BCUT2D eigenvalue weighted by Gasteiger charge is 2.10. The Bertz CT molecular complexity index is 968. The number of H-pyrrole nitrogens is 1. The number of anilines is 2. The Balaban J connectivity index is 1.71. The lowest BCUT2D eigenvalue weighted by molar-refractivity contribution is -0.384. The first kappa shape index (κ1) is 16.3. The number of non-ortho nitro benzene ring substituents is 1. The molecule has 0 fully saturated rings. The zero-order valence-electron chi connectivity index (χ0n) is 12.8. The van der Waals surface area contributed by atoms with Gasteiger partial charge in [0.05, 0.1) is 16.0 Å². The van der Waals surface area contributed by atoms with Crippen LogP contribution in [0.5, 0.6) is 0 Å². The van der Waals surface area contributed by atoms with Crippen LogP contribution in [0.1, 0.15) is 0 Å². The number of nitro groups is 1. The molecule has 0 aliphatic rings. The molecule has 0 bridgehead atoms. The van der Waals surface area contributed by atoms with Crippen molar-refractivity contribution in [2.24, 2.45) is 10.7 Å². The molecule has 0 saturated heterocycles. The maximum Gasteiger partial charge on any atom is 0.271 e. The highest BCUT2D eigenvalue weighted by Crippen LogP contribution is 2.20. The van der Waals surface area contributed by atoms with Crippen LogP contribution in [0.2, 0.25) is 0 Å². The van der Waals surface area contributed by atoms with Gasteiger partial charge in [0, 0.05) is 17.8 Å². The molecule has 0 aliphatic carbocycles. The third-order valence-electron chi connectivity index (χ3n) is 3.17. The molecule has 25 heavy (non-hydrogen) atoms. The summed E-state index contributed by atoms with van der Waals surface area (Å²) in [4.78, 5) is 21.5. The molecule has 0 unspecified atom stereocenters. The van der Waals surface area contributed by atoms with Gasteiger partial charge in [-0.15, -0.1) is 0 Å². The lowest BCUT2D eigenvalue weighted by Gasteiger charge is -2.05. The molecule has 0 atom stereocenters. The Labute approximate surface area is 147 Å². The number of hydrogen-bond acceptors (Lipinski definition) is 4. The number of rotatable bonds is 3.